The summed E-state index contributed by atoms with van der Waals surface area (Å²) in [6.07, 6.45) is 1.35. The molecule has 0 aromatic carbocycles. The molecule has 0 aromatic rings. The lowest BCUT2D eigenvalue weighted by Crippen LogP contribution is -2.25. The molecule has 6 nitrogen and oxygen atoms in total. The highest BCUT2D eigenvalue weighted by Gasteiger charge is 1.99. The highest BCUT2D eigenvalue weighted by atomic mass is 16.5. The number of carbonyl (C=O) groups is 1. The topological polar surface area (TPSA) is 82.8 Å². The maximum absolute atomic E-state index is 11.2. The molecule has 18 heavy (non-hydrogen) atoms. The maximum atomic E-state index is 11.2. The van der Waals surface area contributed by atoms with Crippen LogP contribution in [0.25, 0.3) is 0 Å². The van der Waals surface area contributed by atoms with Crippen molar-refractivity contribution in [3.8, 4) is 0 Å². The average Bonchev–Trinajstić information content (AvgIpc) is 2.38. The van der Waals surface area contributed by atoms with E-state index in [1.807, 2.05) is 6.92 Å². The maximum Gasteiger partial charge on any atom is 0.222 e. The second-order valence-electron chi connectivity index (χ2n) is 3.73. The van der Waals surface area contributed by atoms with Crippen LogP contribution in [0.15, 0.2) is 0 Å². The Morgan fingerprint density at radius 2 is 1.56 bits per heavy atom. The number of amides is 1. The molecule has 0 rings (SSSR count). The van der Waals surface area contributed by atoms with E-state index in [1.165, 1.54) is 0 Å². The first-order chi connectivity index (χ1) is 8.81. The lowest BCUT2D eigenvalue weighted by atomic mass is 10.4. The van der Waals surface area contributed by atoms with E-state index in [1.54, 1.807) is 0 Å². The van der Waals surface area contributed by atoms with Crippen LogP contribution in [0.5, 0.6) is 0 Å². The Kier molecular flexibility index (Phi) is 13.8. The molecule has 3 N–H and O–H groups in total. The number of nitrogens with one attached hydrogen (secondary N) is 1. The van der Waals surface area contributed by atoms with Crippen LogP contribution in [0, 0.1) is 0 Å². The van der Waals surface area contributed by atoms with E-state index in [9.17, 15) is 4.79 Å². The zero-order valence-corrected chi connectivity index (χ0v) is 11.3. The number of hydrogen-bond acceptors (Lipinski definition) is 5. The van der Waals surface area contributed by atoms with Crippen molar-refractivity contribution in [2.45, 2.75) is 19.8 Å². The number of rotatable bonds is 13. The van der Waals surface area contributed by atoms with Gasteiger partial charge in [-0.1, -0.05) is 6.92 Å². The van der Waals surface area contributed by atoms with Crippen molar-refractivity contribution in [1.29, 1.82) is 0 Å². The quantitative estimate of drug-likeness (QED) is 0.453. The summed E-state index contributed by atoms with van der Waals surface area (Å²) in [5.74, 6) is 0.0351. The monoisotopic (exact) mass is 262 g/mol. The minimum absolute atomic E-state index is 0.0351. The first-order valence-electron chi connectivity index (χ1n) is 6.51. The Labute approximate surface area is 109 Å². The molecule has 0 heterocycles. The molecule has 6 heteroatoms. The smallest absolute Gasteiger partial charge is 0.222 e. The van der Waals surface area contributed by atoms with Gasteiger partial charge in [0, 0.05) is 19.5 Å². The van der Waals surface area contributed by atoms with Gasteiger partial charge in [0.1, 0.15) is 0 Å². The molecule has 1 amide bonds. The molecule has 0 saturated carbocycles. The minimum atomic E-state index is 0.0351. The Morgan fingerprint density at radius 1 is 1.00 bits per heavy atom. The molecule has 0 aromatic heterocycles. The molecule has 0 atom stereocenters. The lowest BCUT2D eigenvalue weighted by Gasteiger charge is -2.06. The van der Waals surface area contributed by atoms with E-state index >= 15 is 0 Å². The SMILES string of the molecule is CCCNC(=O)CCOCCOCCOCCN. The highest BCUT2D eigenvalue weighted by molar-refractivity contribution is 5.75. The summed E-state index contributed by atoms with van der Waals surface area (Å²) in [7, 11) is 0. The largest absolute Gasteiger partial charge is 0.379 e. The van der Waals surface area contributed by atoms with Gasteiger partial charge in [-0.15, -0.1) is 0 Å². The summed E-state index contributed by atoms with van der Waals surface area (Å²) < 4.78 is 15.7. The predicted molar refractivity (Wildman–Crippen MR) is 69.4 cm³/mol. The van der Waals surface area contributed by atoms with Crippen LogP contribution in [0.4, 0.5) is 0 Å². The second-order valence-corrected chi connectivity index (χ2v) is 3.73. The van der Waals surface area contributed by atoms with Gasteiger partial charge in [0.25, 0.3) is 0 Å². The Hall–Kier alpha value is -0.690. The molecular weight excluding hydrogens is 236 g/mol. The summed E-state index contributed by atoms with van der Waals surface area (Å²) in [5, 5.41) is 2.79. The molecule has 0 spiro atoms. The van der Waals surface area contributed by atoms with Crippen LogP contribution >= 0.6 is 0 Å². The van der Waals surface area contributed by atoms with Gasteiger partial charge in [0.2, 0.25) is 5.91 Å². The van der Waals surface area contributed by atoms with Gasteiger partial charge in [-0.05, 0) is 6.42 Å². The van der Waals surface area contributed by atoms with Crippen LogP contribution in [0.2, 0.25) is 0 Å². The molecule has 0 radical (unpaired) electrons. The van der Waals surface area contributed by atoms with E-state index in [-0.39, 0.29) is 5.91 Å². The van der Waals surface area contributed by atoms with Crippen molar-refractivity contribution in [1.82, 2.24) is 5.32 Å². The van der Waals surface area contributed by atoms with Gasteiger partial charge < -0.3 is 25.3 Å². The van der Waals surface area contributed by atoms with Crippen molar-refractivity contribution in [2.24, 2.45) is 5.73 Å². The third-order valence-corrected chi connectivity index (χ3v) is 2.05. The number of nitrogens with two attached hydrogens (primary N) is 1. The molecule has 0 aliphatic rings. The zero-order valence-electron chi connectivity index (χ0n) is 11.3. The fourth-order valence-corrected chi connectivity index (χ4v) is 1.14. The fourth-order valence-electron chi connectivity index (χ4n) is 1.14. The van der Waals surface area contributed by atoms with Crippen LogP contribution in [0.3, 0.4) is 0 Å². The van der Waals surface area contributed by atoms with Gasteiger partial charge in [-0.25, -0.2) is 0 Å². The molecule has 0 aliphatic heterocycles. The number of ether oxygens (including phenoxy) is 3. The van der Waals surface area contributed by atoms with E-state index in [0.29, 0.717) is 52.6 Å². The predicted octanol–water partition coefficient (Wildman–Crippen LogP) is -0.0888. The van der Waals surface area contributed by atoms with Crippen molar-refractivity contribution < 1.29 is 19.0 Å². The van der Waals surface area contributed by atoms with Crippen LogP contribution in [0.1, 0.15) is 19.8 Å². The molecule has 0 fully saturated rings. The van der Waals surface area contributed by atoms with E-state index in [2.05, 4.69) is 5.32 Å². The van der Waals surface area contributed by atoms with Crippen molar-refractivity contribution in [3.05, 3.63) is 0 Å². The van der Waals surface area contributed by atoms with E-state index < -0.39 is 0 Å². The summed E-state index contributed by atoms with van der Waals surface area (Å²) in [6, 6.07) is 0. The summed E-state index contributed by atoms with van der Waals surface area (Å²) >= 11 is 0. The average molecular weight is 262 g/mol. The Balaban J connectivity index is 3.04. The highest BCUT2D eigenvalue weighted by Crippen LogP contribution is 1.85. The summed E-state index contributed by atoms with van der Waals surface area (Å²) in [6.45, 7) is 6.38. The summed E-state index contributed by atoms with van der Waals surface area (Å²) in [4.78, 5) is 11.2. The second kappa shape index (κ2) is 14.4. The fraction of sp³-hybridized carbons (Fsp3) is 0.917. The van der Waals surface area contributed by atoms with Gasteiger partial charge in [-0.3, -0.25) is 4.79 Å². The molecule has 0 saturated heterocycles. The van der Waals surface area contributed by atoms with Gasteiger partial charge >= 0.3 is 0 Å². The van der Waals surface area contributed by atoms with Crippen LogP contribution < -0.4 is 11.1 Å². The standard InChI is InChI=1S/C12H26N2O4/c1-2-5-14-12(15)3-6-16-8-10-18-11-9-17-7-4-13/h2-11,13H2,1H3,(H,14,15). The minimum Gasteiger partial charge on any atom is -0.379 e. The van der Waals surface area contributed by atoms with Crippen molar-refractivity contribution >= 4 is 5.91 Å². The molecule has 0 unspecified atom stereocenters. The molecule has 0 aliphatic carbocycles. The van der Waals surface area contributed by atoms with Crippen LogP contribution in [-0.4, -0.2) is 58.6 Å². The van der Waals surface area contributed by atoms with Crippen molar-refractivity contribution in [3.63, 3.8) is 0 Å². The number of hydrogen-bond donors (Lipinski definition) is 2. The number of carbonyl (C=O) groups excluding carboxylic acids is 1. The van der Waals surface area contributed by atoms with E-state index in [0.717, 1.165) is 13.0 Å². The Bertz CT molecular complexity index is 191. The van der Waals surface area contributed by atoms with Gasteiger partial charge in [0.15, 0.2) is 0 Å². The van der Waals surface area contributed by atoms with E-state index in [4.69, 9.17) is 19.9 Å². The van der Waals surface area contributed by atoms with Crippen molar-refractivity contribution in [2.75, 3.05) is 52.7 Å². The van der Waals surface area contributed by atoms with Gasteiger partial charge in [-0.2, -0.15) is 0 Å². The Morgan fingerprint density at radius 3 is 2.11 bits per heavy atom. The summed E-state index contributed by atoms with van der Waals surface area (Å²) in [5.41, 5.74) is 5.26. The third kappa shape index (κ3) is 13.4. The normalized spacial score (nSPS) is 10.6. The third-order valence-electron chi connectivity index (χ3n) is 2.05. The molecular formula is C12H26N2O4. The molecule has 0 bridgehead atoms. The van der Waals surface area contributed by atoms with Crippen LogP contribution in [-0.2, 0) is 19.0 Å². The molecule has 108 valence electrons. The first-order valence-corrected chi connectivity index (χ1v) is 6.51. The van der Waals surface area contributed by atoms with Gasteiger partial charge in [0.05, 0.1) is 39.6 Å². The zero-order chi connectivity index (χ0) is 13.5. The lowest BCUT2D eigenvalue weighted by molar-refractivity contribution is -0.122. The first kappa shape index (κ1) is 17.3.